The number of rotatable bonds is 6. The van der Waals surface area contributed by atoms with Crippen molar-refractivity contribution >= 4 is 14.0 Å². The maximum absolute atomic E-state index is 5.20. The van der Waals surface area contributed by atoms with Gasteiger partial charge in [-0.3, -0.25) is 4.99 Å². The average Bonchev–Trinajstić information content (AvgIpc) is 2.12. The Hall–Kier alpha value is -0.725. The largest absolute Gasteiger partial charge is 0.499 e. The van der Waals surface area contributed by atoms with E-state index in [0.717, 1.165) is 31.5 Å². The normalized spacial score (nSPS) is 11.9. The number of allylic oxidation sites excluding steroid dienone is 2. The van der Waals surface area contributed by atoms with Crippen molar-refractivity contribution in [3.05, 3.63) is 11.5 Å². The lowest BCUT2D eigenvalue weighted by Gasteiger charge is -2.07. The second-order valence-corrected chi connectivity index (χ2v) is 2.69. The van der Waals surface area contributed by atoms with Crippen LogP contribution < -0.4 is 0 Å². The number of nitrogens with zero attached hydrogens (tertiary/aromatic N) is 1. The van der Waals surface area contributed by atoms with E-state index in [9.17, 15) is 0 Å². The van der Waals surface area contributed by atoms with Crippen molar-refractivity contribution in [1.29, 1.82) is 0 Å². The van der Waals surface area contributed by atoms with Crippen molar-refractivity contribution in [3.8, 4) is 0 Å². The van der Waals surface area contributed by atoms with E-state index in [-0.39, 0.29) is 0 Å². The van der Waals surface area contributed by atoms with Crippen LogP contribution in [0.5, 0.6) is 0 Å². The molecule has 2 nitrogen and oxygen atoms in total. The van der Waals surface area contributed by atoms with Crippen LogP contribution in [0.2, 0.25) is 12.6 Å². The molecule has 0 radical (unpaired) electrons. The van der Waals surface area contributed by atoms with Gasteiger partial charge in [-0.15, -0.1) is 0 Å². The fourth-order valence-corrected chi connectivity index (χ4v) is 1.12. The SMILES string of the molecule is C=N/C(CBCC)=C(/CC)OC. The quantitative estimate of drug-likeness (QED) is 0.337. The van der Waals surface area contributed by atoms with E-state index in [2.05, 4.69) is 25.6 Å². The summed E-state index contributed by atoms with van der Waals surface area (Å²) in [7, 11) is 2.84. The molecule has 0 amide bonds. The summed E-state index contributed by atoms with van der Waals surface area (Å²) in [5, 5.41) is 0. The Morgan fingerprint density at radius 3 is 2.50 bits per heavy atom. The lowest BCUT2D eigenvalue weighted by molar-refractivity contribution is 0.275. The summed E-state index contributed by atoms with van der Waals surface area (Å²) in [6.45, 7) is 7.77. The van der Waals surface area contributed by atoms with Gasteiger partial charge in [-0.1, -0.05) is 20.2 Å². The molecule has 0 aromatic heterocycles. The van der Waals surface area contributed by atoms with Gasteiger partial charge in [-0.25, -0.2) is 0 Å². The highest BCUT2D eigenvalue weighted by atomic mass is 16.5. The molecular formula is C9H18BNO. The van der Waals surface area contributed by atoms with E-state index in [0.29, 0.717) is 0 Å². The Morgan fingerprint density at radius 1 is 1.50 bits per heavy atom. The Balaban J connectivity index is 4.24. The van der Waals surface area contributed by atoms with Gasteiger partial charge in [0.15, 0.2) is 0 Å². The van der Waals surface area contributed by atoms with Gasteiger partial charge in [0.1, 0.15) is 13.0 Å². The second-order valence-electron chi connectivity index (χ2n) is 2.69. The first kappa shape index (κ1) is 11.3. The Kier molecular flexibility index (Phi) is 6.53. The van der Waals surface area contributed by atoms with Crippen LogP contribution in [0.1, 0.15) is 20.3 Å². The second kappa shape index (κ2) is 6.95. The molecule has 0 aliphatic heterocycles. The highest BCUT2D eigenvalue weighted by molar-refractivity contribution is 6.36. The zero-order chi connectivity index (χ0) is 9.40. The molecule has 0 heterocycles. The molecule has 0 unspecified atom stereocenters. The molecule has 0 aromatic rings. The molecule has 0 aliphatic rings. The van der Waals surface area contributed by atoms with E-state index in [1.165, 1.54) is 6.32 Å². The molecule has 0 N–H and O–H groups in total. The van der Waals surface area contributed by atoms with Crippen LogP contribution in [0.4, 0.5) is 0 Å². The van der Waals surface area contributed by atoms with E-state index in [1.807, 2.05) is 0 Å². The van der Waals surface area contributed by atoms with Crippen molar-refractivity contribution < 1.29 is 4.74 Å². The van der Waals surface area contributed by atoms with Crippen molar-refractivity contribution in [2.24, 2.45) is 4.99 Å². The number of hydrogen-bond acceptors (Lipinski definition) is 2. The third kappa shape index (κ3) is 3.60. The van der Waals surface area contributed by atoms with Crippen molar-refractivity contribution in [1.82, 2.24) is 0 Å². The highest BCUT2D eigenvalue weighted by Crippen LogP contribution is 2.14. The summed E-state index contributed by atoms with van der Waals surface area (Å²) in [6.07, 6.45) is 3.06. The maximum Gasteiger partial charge on any atom is 0.127 e. The summed E-state index contributed by atoms with van der Waals surface area (Å²) in [6, 6.07) is 0. The molecule has 68 valence electrons. The number of hydrogen-bond donors (Lipinski definition) is 0. The van der Waals surface area contributed by atoms with Crippen molar-refractivity contribution in [2.45, 2.75) is 32.9 Å². The molecule has 0 aromatic carbocycles. The van der Waals surface area contributed by atoms with Gasteiger partial charge in [0.25, 0.3) is 0 Å². The van der Waals surface area contributed by atoms with Crippen LogP contribution >= 0.6 is 0 Å². The molecule has 12 heavy (non-hydrogen) atoms. The molecule has 0 fully saturated rings. The summed E-state index contributed by atoms with van der Waals surface area (Å²) >= 11 is 0. The Morgan fingerprint density at radius 2 is 2.17 bits per heavy atom. The van der Waals surface area contributed by atoms with Crippen LogP contribution in [-0.4, -0.2) is 21.1 Å². The molecule has 0 rings (SSSR count). The molecule has 0 saturated carbocycles. The van der Waals surface area contributed by atoms with Gasteiger partial charge in [0.2, 0.25) is 0 Å². The molecular weight excluding hydrogens is 149 g/mol. The van der Waals surface area contributed by atoms with E-state index in [4.69, 9.17) is 4.74 Å². The molecule has 0 atom stereocenters. The first-order valence-electron chi connectivity index (χ1n) is 4.52. The monoisotopic (exact) mass is 167 g/mol. The summed E-state index contributed by atoms with van der Waals surface area (Å²) in [5.74, 6) is 0.971. The third-order valence-electron chi connectivity index (χ3n) is 1.85. The Labute approximate surface area is 76.0 Å². The molecule has 3 heteroatoms. The minimum Gasteiger partial charge on any atom is -0.499 e. The topological polar surface area (TPSA) is 21.6 Å². The number of aliphatic imine (C=N–C) groups is 1. The smallest absolute Gasteiger partial charge is 0.127 e. The van der Waals surface area contributed by atoms with Gasteiger partial charge in [0.05, 0.1) is 12.8 Å². The lowest BCUT2D eigenvalue weighted by Crippen LogP contribution is -1.95. The first-order valence-corrected chi connectivity index (χ1v) is 4.52. The van der Waals surface area contributed by atoms with Gasteiger partial charge in [-0.05, 0) is 13.0 Å². The van der Waals surface area contributed by atoms with Gasteiger partial charge < -0.3 is 4.74 Å². The zero-order valence-electron chi connectivity index (χ0n) is 8.39. The number of methoxy groups -OCH3 is 1. The molecule has 0 saturated heterocycles. The molecule has 0 aliphatic carbocycles. The fourth-order valence-electron chi connectivity index (χ4n) is 1.12. The van der Waals surface area contributed by atoms with Gasteiger partial charge in [-0.2, -0.15) is 0 Å². The highest BCUT2D eigenvalue weighted by Gasteiger charge is 2.02. The van der Waals surface area contributed by atoms with E-state index < -0.39 is 0 Å². The average molecular weight is 167 g/mol. The van der Waals surface area contributed by atoms with E-state index >= 15 is 0 Å². The standard InChI is InChI=1S/C9H18BNO/c1-5-9(12-4)8(11-3)7-10-6-2/h10H,3,5-7H2,1-2,4H3/b9-8-. The summed E-state index contributed by atoms with van der Waals surface area (Å²) in [4.78, 5) is 3.97. The Bertz CT molecular complexity index is 160. The van der Waals surface area contributed by atoms with E-state index in [1.54, 1.807) is 7.11 Å². The van der Waals surface area contributed by atoms with Crippen molar-refractivity contribution in [3.63, 3.8) is 0 Å². The van der Waals surface area contributed by atoms with Crippen molar-refractivity contribution in [2.75, 3.05) is 7.11 Å². The van der Waals surface area contributed by atoms with Gasteiger partial charge >= 0.3 is 0 Å². The van der Waals surface area contributed by atoms with Crippen LogP contribution in [-0.2, 0) is 4.74 Å². The lowest BCUT2D eigenvalue weighted by atomic mass is 9.70. The van der Waals surface area contributed by atoms with Crippen LogP contribution in [0.25, 0.3) is 0 Å². The van der Waals surface area contributed by atoms with Crippen LogP contribution in [0.15, 0.2) is 16.4 Å². The number of ether oxygens (including phenoxy) is 1. The molecule has 0 spiro atoms. The predicted octanol–water partition coefficient (Wildman–Crippen LogP) is 2.25. The molecule has 0 bridgehead atoms. The summed E-state index contributed by atoms with van der Waals surface area (Å²) in [5.41, 5.74) is 1.02. The zero-order valence-corrected chi connectivity index (χ0v) is 8.39. The maximum atomic E-state index is 5.20. The van der Waals surface area contributed by atoms with Crippen LogP contribution in [0, 0.1) is 0 Å². The van der Waals surface area contributed by atoms with Crippen LogP contribution in [0.3, 0.4) is 0 Å². The summed E-state index contributed by atoms with van der Waals surface area (Å²) < 4.78 is 5.20. The minimum absolute atomic E-state index is 0.897. The minimum atomic E-state index is 0.897. The van der Waals surface area contributed by atoms with Gasteiger partial charge in [0, 0.05) is 6.42 Å². The third-order valence-corrected chi connectivity index (χ3v) is 1.85. The fraction of sp³-hybridized carbons (Fsp3) is 0.667. The predicted molar refractivity (Wildman–Crippen MR) is 56.3 cm³/mol. The first-order chi connectivity index (χ1) is 5.79.